The summed E-state index contributed by atoms with van der Waals surface area (Å²) in [5.74, 6) is 4.85. The number of fused-ring (bicyclic) bond motifs is 1. The van der Waals surface area contributed by atoms with Crippen molar-refractivity contribution >= 4 is 22.6 Å². The van der Waals surface area contributed by atoms with Gasteiger partial charge < -0.3 is 4.42 Å². The van der Waals surface area contributed by atoms with Gasteiger partial charge in [-0.3, -0.25) is 5.84 Å². The van der Waals surface area contributed by atoms with E-state index in [-0.39, 0.29) is 10.6 Å². The van der Waals surface area contributed by atoms with E-state index in [2.05, 4.69) is 5.43 Å². The highest BCUT2D eigenvalue weighted by Gasteiger charge is 2.22. The summed E-state index contributed by atoms with van der Waals surface area (Å²) in [7, 11) is 0. The first-order chi connectivity index (χ1) is 10.1. The largest absolute Gasteiger partial charge is 0.456 e. The van der Waals surface area contributed by atoms with Crippen LogP contribution in [0.25, 0.3) is 11.0 Å². The van der Waals surface area contributed by atoms with Crippen LogP contribution in [0.1, 0.15) is 17.4 Å². The van der Waals surface area contributed by atoms with Gasteiger partial charge in [0.15, 0.2) is 11.4 Å². The van der Waals surface area contributed by atoms with Crippen molar-refractivity contribution in [2.45, 2.75) is 6.04 Å². The van der Waals surface area contributed by atoms with Crippen LogP contribution in [0.3, 0.4) is 0 Å². The second-order valence-corrected chi connectivity index (χ2v) is 4.93. The number of hydrazine groups is 1. The highest BCUT2D eigenvalue weighted by molar-refractivity contribution is 6.31. The van der Waals surface area contributed by atoms with Crippen LogP contribution in [0.2, 0.25) is 5.02 Å². The van der Waals surface area contributed by atoms with Crippen LogP contribution in [0, 0.1) is 11.6 Å². The minimum atomic E-state index is -0.681. The van der Waals surface area contributed by atoms with E-state index >= 15 is 0 Å². The van der Waals surface area contributed by atoms with Crippen LogP contribution in [0.4, 0.5) is 8.78 Å². The number of rotatable bonds is 3. The minimum Gasteiger partial charge on any atom is -0.456 e. The molecule has 1 atom stereocenters. The molecule has 0 aliphatic heterocycles. The summed E-state index contributed by atoms with van der Waals surface area (Å²) in [5, 5.41) is 0.541. The molecule has 108 valence electrons. The van der Waals surface area contributed by atoms with Gasteiger partial charge in [-0.2, -0.15) is 0 Å². The SMILES string of the molecule is NNC(c1cc2cccc(F)c2o1)c1cccc(F)c1Cl. The number of nitrogens with one attached hydrogen (secondary N) is 1. The molecule has 1 unspecified atom stereocenters. The molecule has 0 aliphatic rings. The molecule has 0 spiro atoms. The van der Waals surface area contributed by atoms with Crippen LogP contribution in [-0.2, 0) is 0 Å². The average molecular weight is 309 g/mol. The second-order valence-electron chi connectivity index (χ2n) is 4.55. The Morgan fingerprint density at radius 2 is 1.81 bits per heavy atom. The standard InChI is InChI=1S/C15H11ClF2N2O/c16-13-9(4-2-5-10(13)17)14(20-19)12-7-8-3-1-6-11(18)15(8)21-12/h1-7,14,20H,19H2. The Kier molecular flexibility index (Phi) is 3.63. The van der Waals surface area contributed by atoms with Gasteiger partial charge in [0.1, 0.15) is 17.6 Å². The van der Waals surface area contributed by atoms with Crippen molar-refractivity contribution in [3.63, 3.8) is 0 Å². The van der Waals surface area contributed by atoms with Gasteiger partial charge >= 0.3 is 0 Å². The quantitative estimate of drug-likeness (QED) is 0.569. The third kappa shape index (κ3) is 2.40. The lowest BCUT2D eigenvalue weighted by Crippen LogP contribution is -2.28. The maximum Gasteiger partial charge on any atom is 0.169 e. The van der Waals surface area contributed by atoms with E-state index < -0.39 is 17.7 Å². The van der Waals surface area contributed by atoms with Gasteiger partial charge in [0, 0.05) is 5.39 Å². The monoisotopic (exact) mass is 308 g/mol. The van der Waals surface area contributed by atoms with E-state index in [9.17, 15) is 8.78 Å². The Bertz CT molecular complexity index is 803. The Hall–Kier alpha value is -1.95. The number of benzene rings is 2. The van der Waals surface area contributed by atoms with E-state index in [1.165, 1.54) is 18.2 Å². The fraction of sp³-hybridized carbons (Fsp3) is 0.0667. The maximum atomic E-state index is 13.7. The third-order valence-corrected chi connectivity index (χ3v) is 3.66. The first-order valence-corrected chi connectivity index (χ1v) is 6.57. The number of para-hydroxylation sites is 1. The molecule has 3 aromatic rings. The molecule has 0 saturated heterocycles. The van der Waals surface area contributed by atoms with Crippen molar-refractivity contribution in [1.29, 1.82) is 0 Å². The number of nitrogens with two attached hydrogens (primary N) is 1. The van der Waals surface area contributed by atoms with Gasteiger partial charge in [-0.15, -0.1) is 0 Å². The average Bonchev–Trinajstić information content (AvgIpc) is 2.89. The first kappa shape index (κ1) is 14.0. The molecule has 21 heavy (non-hydrogen) atoms. The van der Waals surface area contributed by atoms with E-state index in [0.29, 0.717) is 16.7 Å². The molecule has 3 rings (SSSR count). The molecule has 0 bridgehead atoms. The topological polar surface area (TPSA) is 51.2 Å². The molecule has 1 heterocycles. The molecule has 0 amide bonds. The van der Waals surface area contributed by atoms with Crippen LogP contribution in [0.5, 0.6) is 0 Å². The van der Waals surface area contributed by atoms with E-state index in [0.717, 1.165) is 0 Å². The Balaban J connectivity index is 2.14. The highest BCUT2D eigenvalue weighted by atomic mass is 35.5. The van der Waals surface area contributed by atoms with Gasteiger partial charge in [0.25, 0.3) is 0 Å². The molecule has 2 aromatic carbocycles. The molecular formula is C15H11ClF2N2O. The van der Waals surface area contributed by atoms with Gasteiger partial charge in [-0.25, -0.2) is 14.2 Å². The Morgan fingerprint density at radius 1 is 1.10 bits per heavy atom. The zero-order valence-corrected chi connectivity index (χ0v) is 11.5. The maximum absolute atomic E-state index is 13.7. The Labute approximate surface area is 124 Å². The summed E-state index contributed by atoms with van der Waals surface area (Å²) in [5.41, 5.74) is 3.06. The van der Waals surface area contributed by atoms with Crippen molar-refractivity contribution < 1.29 is 13.2 Å². The van der Waals surface area contributed by atoms with E-state index in [1.54, 1.807) is 24.3 Å². The lowest BCUT2D eigenvalue weighted by atomic mass is 10.0. The minimum absolute atomic E-state index is 0.0543. The summed E-state index contributed by atoms with van der Waals surface area (Å²) in [6, 6.07) is 9.95. The molecule has 0 radical (unpaired) electrons. The predicted octanol–water partition coefficient (Wildman–Crippen LogP) is 3.92. The van der Waals surface area contributed by atoms with Crippen molar-refractivity contribution in [2.24, 2.45) is 5.84 Å². The third-order valence-electron chi connectivity index (χ3n) is 3.26. The van der Waals surface area contributed by atoms with Crippen molar-refractivity contribution in [3.05, 3.63) is 70.4 Å². The van der Waals surface area contributed by atoms with Gasteiger partial charge in [0.2, 0.25) is 0 Å². The molecule has 0 saturated carbocycles. The lowest BCUT2D eigenvalue weighted by Gasteiger charge is -2.15. The van der Waals surface area contributed by atoms with Crippen molar-refractivity contribution in [3.8, 4) is 0 Å². The normalized spacial score (nSPS) is 12.8. The summed E-state index contributed by atoms with van der Waals surface area (Å²) in [4.78, 5) is 0. The van der Waals surface area contributed by atoms with Crippen molar-refractivity contribution in [2.75, 3.05) is 0 Å². The highest BCUT2D eigenvalue weighted by Crippen LogP contribution is 2.33. The van der Waals surface area contributed by atoms with Crippen LogP contribution < -0.4 is 11.3 Å². The number of hydrogen-bond donors (Lipinski definition) is 2. The predicted molar refractivity (Wildman–Crippen MR) is 76.7 cm³/mol. The Morgan fingerprint density at radius 3 is 2.52 bits per heavy atom. The lowest BCUT2D eigenvalue weighted by molar-refractivity contribution is 0.464. The number of hydrogen-bond acceptors (Lipinski definition) is 3. The molecule has 3 N–H and O–H groups in total. The fourth-order valence-corrected chi connectivity index (χ4v) is 2.49. The molecule has 0 fully saturated rings. The number of halogens is 3. The smallest absolute Gasteiger partial charge is 0.169 e. The molecule has 1 aromatic heterocycles. The number of furan rings is 1. The summed E-state index contributed by atoms with van der Waals surface area (Å²) >= 11 is 5.96. The van der Waals surface area contributed by atoms with Crippen LogP contribution >= 0.6 is 11.6 Å². The summed E-state index contributed by atoms with van der Waals surface area (Å²) < 4.78 is 32.8. The van der Waals surface area contributed by atoms with Gasteiger partial charge in [-0.05, 0) is 23.8 Å². The van der Waals surface area contributed by atoms with Crippen molar-refractivity contribution in [1.82, 2.24) is 5.43 Å². The van der Waals surface area contributed by atoms with E-state index in [4.69, 9.17) is 21.9 Å². The molecule has 0 aliphatic carbocycles. The molecule has 3 nitrogen and oxygen atoms in total. The zero-order valence-electron chi connectivity index (χ0n) is 10.7. The van der Waals surface area contributed by atoms with E-state index in [1.807, 2.05) is 0 Å². The summed E-state index contributed by atoms with van der Waals surface area (Å²) in [6.45, 7) is 0. The molecule has 6 heteroatoms. The fourth-order valence-electron chi connectivity index (χ4n) is 2.26. The summed E-state index contributed by atoms with van der Waals surface area (Å²) in [6.07, 6.45) is 0. The van der Waals surface area contributed by atoms with Crippen LogP contribution in [0.15, 0.2) is 46.9 Å². The van der Waals surface area contributed by atoms with Gasteiger partial charge in [-0.1, -0.05) is 35.9 Å². The molecular weight excluding hydrogens is 298 g/mol. The zero-order chi connectivity index (χ0) is 15.0. The second kappa shape index (κ2) is 5.44. The van der Waals surface area contributed by atoms with Gasteiger partial charge in [0.05, 0.1) is 5.02 Å². The van der Waals surface area contributed by atoms with Crippen LogP contribution in [-0.4, -0.2) is 0 Å². The first-order valence-electron chi connectivity index (χ1n) is 6.20.